The van der Waals surface area contributed by atoms with Crippen LogP contribution in [-0.2, 0) is 18.5 Å². The van der Waals surface area contributed by atoms with Crippen molar-refractivity contribution in [1.29, 1.82) is 0 Å². The van der Waals surface area contributed by atoms with Gasteiger partial charge in [-0.2, -0.15) is 0 Å². The van der Waals surface area contributed by atoms with Gasteiger partial charge in [-0.1, -0.05) is 60.7 Å². The van der Waals surface area contributed by atoms with Crippen molar-refractivity contribution in [1.82, 2.24) is 9.13 Å². The molecular weight excluding hydrogens is 364 g/mol. The van der Waals surface area contributed by atoms with Crippen molar-refractivity contribution in [2.45, 2.75) is 52.6 Å². The summed E-state index contributed by atoms with van der Waals surface area (Å²) in [5, 5.41) is 2.76. The average molecular weight is 395 g/mol. The van der Waals surface area contributed by atoms with Crippen LogP contribution in [0.1, 0.15) is 42.8 Å². The number of para-hydroxylation sites is 2. The molecule has 1 aliphatic rings. The van der Waals surface area contributed by atoms with E-state index in [1.165, 1.54) is 44.3 Å². The number of hydrogen-bond acceptors (Lipinski definition) is 0. The molecule has 0 bridgehead atoms. The molecule has 0 spiro atoms. The zero-order valence-electron chi connectivity index (χ0n) is 18.4. The van der Waals surface area contributed by atoms with Gasteiger partial charge in [-0.15, -0.1) is 0 Å². The lowest BCUT2D eigenvalue weighted by Crippen LogP contribution is -2.28. The Hall–Kier alpha value is -3.00. The van der Waals surface area contributed by atoms with Crippen molar-refractivity contribution in [3.63, 3.8) is 0 Å². The highest BCUT2D eigenvalue weighted by molar-refractivity contribution is 5.93. The molecule has 2 nitrogen and oxygen atoms in total. The third-order valence-corrected chi connectivity index (χ3v) is 7.05. The predicted molar refractivity (Wildman–Crippen MR) is 128 cm³/mol. The van der Waals surface area contributed by atoms with Gasteiger partial charge in [-0.25, -0.2) is 0 Å². The van der Waals surface area contributed by atoms with Gasteiger partial charge < -0.3 is 9.13 Å². The number of benzene rings is 2. The first-order valence-corrected chi connectivity index (χ1v) is 11.1. The van der Waals surface area contributed by atoms with E-state index in [4.69, 9.17) is 0 Å². The highest BCUT2D eigenvalue weighted by Gasteiger charge is 2.40. The van der Waals surface area contributed by atoms with E-state index in [1.54, 1.807) is 0 Å². The van der Waals surface area contributed by atoms with Gasteiger partial charge in [-0.3, -0.25) is 0 Å². The summed E-state index contributed by atoms with van der Waals surface area (Å²) in [7, 11) is 0. The maximum absolute atomic E-state index is 2.48. The molecular formula is C28H30N2. The summed E-state index contributed by atoms with van der Waals surface area (Å²) < 4.78 is 4.96. The van der Waals surface area contributed by atoms with E-state index in [0.29, 0.717) is 0 Å². The molecule has 0 atom stereocenters. The monoisotopic (exact) mass is 394 g/mol. The van der Waals surface area contributed by atoms with E-state index in [0.717, 1.165) is 19.5 Å². The summed E-state index contributed by atoms with van der Waals surface area (Å²) in [6, 6.07) is 17.9. The quantitative estimate of drug-likeness (QED) is 0.351. The number of fused-ring (bicyclic) bond motifs is 2. The van der Waals surface area contributed by atoms with Crippen LogP contribution in [0.15, 0.2) is 72.8 Å². The van der Waals surface area contributed by atoms with Gasteiger partial charge in [0.1, 0.15) is 0 Å². The first-order chi connectivity index (χ1) is 14.6. The van der Waals surface area contributed by atoms with E-state index in [1.807, 2.05) is 0 Å². The lowest BCUT2D eigenvalue weighted by atomic mass is 9.68. The molecule has 30 heavy (non-hydrogen) atoms. The van der Waals surface area contributed by atoms with Crippen LogP contribution < -0.4 is 0 Å². The Balaban J connectivity index is 1.95. The Kier molecular flexibility index (Phi) is 4.47. The van der Waals surface area contributed by atoms with Gasteiger partial charge in [0.15, 0.2) is 0 Å². The summed E-state index contributed by atoms with van der Waals surface area (Å²) in [6.07, 6.45) is 10.2. The molecule has 0 radical (unpaired) electrons. The van der Waals surface area contributed by atoms with Crippen LogP contribution in [0.25, 0.3) is 21.8 Å². The van der Waals surface area contributed by atoms with E-state index in [2.05, 4.69) is 110 Å². The van der Waals surface area contributed by atoms with Gasteiger partial charge in [0.2, 0.25) is 0 Å². The third kappa shape index (κ3) is 2.43. The highest BCUT2D eigenvalue weighted by atomic mass is 15.0. The first-order valence-electron chi connectivity index (χ1n) is 11.1. The second-order valence-electron chi connectivity index (χ2n) is 8.41. The SMILES string of the molecule is CCn1c(C)c(C2(c3c(C)n(CC)c4ccccc34)C=CC=CC2)c2ccccc21. The van der Waals surface area contributed by atoms with Gasteiger partial charge in [0, 0.05) is 51.7 Å². The Labute approximate surface area is 179 Å². The minimum Gasteiger partial charge on any atom is -0.345 e. The van der Waals surface area contributed by atoms with E-state index in [-0.39, 0.29) is 5.41 Å². The molecule has 2 heteroatoms. The Morgan fingerprint density at radius 1 is 0.733 bits per heavy atom. The normalized spacial score (nSPS) is 15.5. The van der Waals surface area contributed by atoms with Gasteiger partial charge in [-0.05, 0) is 57.4 Å². The molecule has 152 valence electrons. The zero-order chi connectivity index (χ0) is 20.9. The summed E-state index contributed by atoms with van der Waals surface area (Å²) >= 11 is 0. The van der Waals surface area contributed by atoms with Crippen molar-refractivity contribution in [2.75, 3.05) is 0 Å². The van der Waals surface area contributed by atoms with Crippen LogP contribution >= 0.6 is 0 Å². The van der Waals surface area contributed by atoms with E-state index >= 15 is 0 Å². The van der Waals surface area contributed by atoms with Crippen molar-refractivity contribution in [3.8, 4) is 0 Å². The van der Waals surface area contributed by atoms with Crippen LogP contribution in [0.5, 0.6) is 0 Å². The highest BCUT2D eigenvalue weighted by Crippen LogP contribution is 2.49. The summed E-state index contributed by atoms with van der Waals surface area (Å²) in [4.78, 5) is 0. The fourth-order valence-electron chi connectivity index (χ4n) is 5.92. The molecule has 0 aliphatic heterocycles. The molecule has 5 rings (SSSR count). The predicted octanol–water partition coefficient (Wildman–Crippen LogP) is 7.05. The Morgan fingerprint density at radius 2 is 1.23 bits per heavy atom. The van der Waals surface area contributed by atoms with Crippen LogP contribution in [0.4, 0.5) is 0 Å². The number of hydrogen-bond donors (Lipinski definition) is 0. The molecule has 2 aromatic heterocycles. The van der Waals surface area contributed by atoms with Gasteiger partial charge in [0.25, 0.3) is 0 Å². The molecule has 1 aliphatic carbocycles. The third-order valence-electron chi connectivity index (χ3n) is 7.05. The fraction of sp³-hybridized carbons (Fsp3) is 0.286. The molecule has 2 heterocycles. The molecule has 0 saturated heterocycles. The number of allylic oxidation sites excluding steroid dienone is 4. The molecule has 0 amide bonds. The summed E-state index contributed by atoms with van der Waals surface area (Å²) in [5.74, 6) is 0. The lowest BCUT2D eigenvalue weighted by molar-refractivity contribution is 0.628. The maximum Gasteiger partial charge on any atom is 0.0485 e. The Bertz CT molecular complexity index is 1220. The largest absolute Gasteiger partial charge is 0.345 e. The van der Waals surface area contributed by atoms with E-state index < -0.39 is 0 Å². The number of nitrogens with zero attached hydrogens (tertiary/aromatic N) is 2. The summed E-state index contributed by atoms with van der Waals surface area (Å²) in [5.41, 5.74) is 8.20. The molecule has 0 saturated carbocycles. The molecule has 0 unspecified atom stereocenters. The van der Waals surface area contributed by atoms with Gasteiger partial charge in [0.05, 0.1) is 0 Å². The van der Waals surface area contributed by atoms with Crippen LogP contribution in [0.2, 0.25) is 0 Å². The van der Waals surface area contributed by atoms with Crippen molar-refractivity contribution in [3.05, 3.63) is 95.3 Å². The van der Waals surface area contributed by atoms with E-state index in [9.17, 15) is 0 Å². The molecule has 4 aromatic rings. The standard InChI is InChI=1S/C28H30N2/c1-5-29-20(3)26(22-14-8-10-16-24(22)29)28(18-12-7-13-19-28)27-21(4)30(6-2)25-17-11-9-15-23(25)27/h7-18H,5-6,19H2,1-4H3. The summed E-state index contributed by atoms with van der Waals surface area (Å²) in [6.45, 7) is 11.1. The molecule has 0 N–H and O–H groups in total. The number of aryl methyl sites for hydroxylation is 2. The van der Waals surface area contributed by atoms with Crippen LogP contribution in [-0.4, -0.2) is 9.13 Å². The second-order valence-corrected chi connectivity index (χ2v) is 8.41. The Morgan fingerprint density at radius 3 is 1.67 bits per heavy atom. The number of rotatable bonds is 4. The minimum absolute atomic E-state index is 0.164. The van der Waals surface area contributed by atoms with Crippen molar-refractivity contribution < 1.29 is 0 Å². The first kappa shape index (κ1) is 19.0. The topological polar surface area (TPSA) is 9.86 Å². The second kappa shape index (κ2) is 7.05. The maximum atomic E-state index is 2.48. The zero-order valence-corrected chi connectivity index (χ0v) is 18.4. The molecule has 2 aromatic carbocycles. The smallest absolute Gasteiger partial charge is 0.0485 e. The minimum atomic E-state index is -0.164. The lowest BCUT2D eigenvalue weighted by Gasteiger charge is -2.34. The number of aromatic nitrogens is 2. The van der Waals surface area contributed by atoms with Crippen molar-refractivity contribution >= 4 is 21.8 Å². The molecule has 0 fully saturated rings. The van der Waals surface area contributed by atoms with Gasteiger partial charge >= 0.3 is 0 Å². The fourth-order valence-corrected chi connectivity index (χ4v) is 5.92. The van der Waals surface area contributed by atoms with Crippen molar-refractivity contribution in [2.24, 2.45) is 0 Å². The average Bonchev–Trinajstić information content (AvgIpc) is 3.24. The van der Waals surface area contributed by atoms with Crippen LogP contribution in [0.3, 0.4) is 0 Å². The van der Waals surface area contributed by atoms with Crippen LogP contribution in [0, 0.1) is 13.8 Å².